The van der Waals surface area contributed by atoms with E-state index in [1.807, 2.05) is 54.6 Å². The molecule has 0 saturated heterocycles. The SMILES string of the molecule is CCCNCCNC(=O)c1ccccc1SCc1nnnn1-c1ccccc1. The van der Waals surface area contributed by atoms with E-state index in [1.165, 1.54) is 0 Å². The molecule has 0 aliphatic heterocycles. The van der Waals surface area contributed by atoms with Crippen LogP contribution < -0.4 is 10.6 Å². The highest BCUT2D eigenvalue weighted by molar-refractivity contribution is 7.98. The van der Waals surface area contributed by atoms with Crippen LogP contribution in [0.25, 0.3) is 5.69 Å². The first kappa shape index (κ1) is 20.0. The first-order valence-corrected chi connectivity index (χ1v) is 10.3. The van der Waals surface area contributed by atoms with Gasteiger partial charge in [-0.05, 0) is 47.7 Å². The molecule has 0 radical (unpaired) electrons. The van der Waals surface area contributed by atoms with Gasteiger partial charge in [0.25, 0.3) is 5.91 Å². The quantitative estimate of drug-likeness (QED) is 0.405. The third kappa shape index (κ3) is 5.40. The van der Waals surface area contributed by atoms with Gasteiger partial charge < -0.3 is 10.6 Å². The van der Waals surface area contributed by atoms with E-state index >= 15 is 0 Å². The highest BCUT2D eigenvalue weighted by Crippen LogP contribution is 2.26. The van der Waals surface area contributed by atoms with Gasteiger partial charge in [-0.1, -0.05) is 37.3 Å². The van der Waals surface area contributed by atoms with E-state index in [0.29, 0.717) is 17.9 Å². The summed E-state index contributed by atoms with van der Waals surface area (Å²) in [6, 6.07) is 17.4. The molecule has 0 fully saturated rings. The Morgan fingerprint density at radius 2 is 1.82 bits per heavy atom. The summed E-state index contributed by atoms with van der Waals surface area (Å²) < 4.78 is 1.72. The Kier molecular flexibility index (Phi) is 7.57. The number of para-hydroxylation sites is 1. The maximum Gasteiger partial charge on any atom is 0.252 e. The summed E-state index contributed by atoms with van der Waals surface area (Å²) >= 11 is 1.55. The highest BCUT2D eigenvalue weighted by Gasteiger charge is 2.13. The molecule has 7 nitrogen and oxygen atoms in total. The van der Waals surface area contributed by atoms with Gasteiger partial charge in [0.05, 0.1) is 17.0 Å². The lowest BCUT2D eigenvalue weighted by atomic mass is 10.2. The fourth-order valence-corrected chi connectivity index (χ4v) is 3.60. The molecular weight excluding hydrogens is 372 g/mol. The number of aromatic nitrogens is 4. The maximum atomic E-state index is 12.6. The van der Waals surface area contributed by atoms with Crippen LogP contribution in [0.4, 0.5) is 0 Å². The van der Waals surface area contributed by atoms with Crippen LogP contribution in [0.15, 0.2) is 59.5 Å². The zero-order chi connectivity index (χ0) is 19.6. The number of rotatable bonds is 10. The Morgan fingerprint density at radius 3 is 2.64 bits per heavy atom. The topological polar surface area (TPSA) is 84.7 Å². The zero-order valence-corrected chi connectivity index (χ0v) is 16.7. The second kappa shape index (κ2) is 10.6. The minimum absolute atomic E-state index is 0.0657. The molecule has 28 heavy (non-hydrogen) atoms. The molecule has 0 aliphatic carbocycles. The van der Waals surface area contributed by atoms with Crippen molar-refractivity contribution in [2.24, 2.45) is 0 Å². The molecule has 2 aromatic carbocycles. The van der Waals surface area contributed by atoms with Gasteiger partial charge in [-0.25, -0.2) is 0 Å². The van der Waals surface area contributed by atoms with Crippen molar-refractivity contribution in [1.82, 2.24) is 30.8 Å². The average molecular weight is 397 g/mol. The molecule has 8 heteroatoms. The Balaban J connectivity index is 1.63. The van der Waals surface area contributed by atoms with Crippen LogP contribution in [0, 0.1) is 0 Å². The summed E-state index contributed by atoms with van der Waals surface area (Å²) in [5, 5.41) is 18.3. The fourth-order valence-electron chi connectivity index (χ4n) is 2.65. The van der Waals surface area contributed by atoms with Crippen LogP contribution in [0.5, 0.6) is 0 Å². The van der Waals surface area contributed by atoms with Crippen molar-refractivity contribution in [2.75, 3.05) is 19.6 Å². The number of hydrogen-bond acceptors (Lipinski definition) is 6. The number of tetrazole rings is 1. The van der Waals surface area contributed by atoms with Crippen molar-refractivity contribution in [3.05, 3.63) is 66.0 Å². The van der Waals surface area contributed by atoms with Crippen molar-refractivity contribution < 1.29 is 4.79 Å². The van der Waals surface area contributed by atoms with Crippen LogP contribution in [0.1, 0.15) is 29.5 Å². The minimum atomic E-state index is -0.0657. The molecule has 3 rings (SSSR count). The van der Waals surface area contributed by atoms with Crippen LogP contribution in [0.3, 0.4) is 0 Å². The van der Waals surface area contributed by atoms with E-state index in [9.17, 15) is 4.79 Å². The second-order valence-corrected chi connectivity index (χ2v) is 7.15. The van der Waals surface area contributed by atoms with E-state index in [0.717, 1.165) is 35.9 Å². The Morgan fingerprint density at radius 1 is 1.04 bits per heavy atom. The van der Waals surface area contributed by atoms with Crippen LogP contribution in [-0.2, 0) is 5.75 Å². The van der Waals surface area contributed by atoms with Crippen LogP contribution >= 0.6 is 11.8 Å². The molecule has 1 amide bonds. The first-order chi connectivity index (χ1) is 13.8. The van der Waals surface area contributed by atoms with Gasteiger partial charge in [-0.2, -0.15) is 4.68 Å². The lowest BCUT2D eigenvalue weighted by Gasteiger charge is -2.10. The normalized spacial score (nSPS) is 10.8. The van der Waals surface area contributed by atoms with Gasteiger partial charge >= 0.3 is 0 Å². The summed E-state index contributed by atoms with van der Waals surface area (Å²) in [6.45, 7) is 4.44. The number of benzene rings is 2. The summed E-state index contributed by atoms with van der Waals surface area (Å²) in [7, 11) is 0. The molecule has 0 aliphatic rings. The number of nitrogens with one attached hydrogen (secondary N) is 2. The molecule has 146 valence electrons. The molecule has 0 saturated carbocycles. The lowest BCUT2D eigenvalue weighted by Crippen LogP contribution is -2.32. The predicted molar refractivity (Wildman–Crippen MR) is 111 cm³/mol. The number of carbonyl (C=O) groups excluding carboxylic acids is 1. The smallest absolute Gasteiger partial charge is 0.252 e. The molecule has 0 unspecified atom stereocenters. The van der Waals surface area contributed by atoms with Crippen molar-refractivity contribution >= 4 is 17.7 Å². The summed E-state index contributed by atoms with van der Waals surface area (Å²) in [5.41, 5.74) is 1.58. The van der Waals surface area contributed by atoms with Gasteiger partial charge in [0, 0.05) is 18.0 Å². The van der Waals surface area contributed by atoms with E-state index in [-0.39, 0.29) is 5.91 Å². The number of thioether (sulfide) groups is 1. The molecule has 1 heterocycles. The monoisotopic (exact) mass is 396 g/mol. The summed E-state index contributed by atoms with van der Waals surface area (Å²) in [6.07, 6.45) is 1.08. The Labute approximate surface area is 168 Å². The van der Waals surface area contributed by atoms with E-state index in [2.05, 4.69) is 33.1 Å². The third-order valence-electron chi connectivity index (χ3n) is 4.04. The lowest BCUT2D eigenvalue weighted by molar-refractivity contribution is 0.0951. The number of hydrogen-bond donors (Lipinski definition) is 2. The van der Waals surface area contributed by atoms with Crippen LogP contribution in [-0.4, -0.2) is 45.7 Å². The standard InChI is InChI=1S/C20H24N6OS/c1-2-12-21-13-14-22-20(27)17-10-6-7-11-18(17)28-15-19-23-24-25-26(19)16-8-4-3-5-9-16/h3-11,21H,2,12-15H2,1H3,(H,22,27). The summed E-state index contributed by atoms with van der Waals surface area (Å²) in [5.74, 6) is 1.23. The highest BCUT2D eigenvalue weighted by atomic mass is 32.2. The number of nitrogens with zero attached hydrogens (tertiary/aromatic N) is 4. The van der Waals surface area contributed by atoms with E-state index in [1.54, 1.807) is 16.4 Å². The fraction of sp³-hybridized carbons (Fsp3) is 0.300. The Hall–Kier alpha value is -2.71. The molecular formula is C20H24N6OS. The largest absolute Gasteiger partial charge is 0.351 e. The first-order valence-electron chi connectivity index (χ1n) is 9.33. The third-order valence-corrected chi connectivity index (χ3v) is 5.11. The van der Waals surface area contributed by atoms with Crippen LogP contribution in [0.2, 0.25) is 0 Å². The second-order valence-electron chi connectivity index (χ2n) is 6.13. The zero-order valence-electron chi connectivity index (χ0n) is 15.8. The van der Waals surface area contributed by atoms with Crippen molar-refractivity contribution in [2.45, 2.75) is 24.0 Å². The molecule has 0 bridgehead atoms. The van der Waals surface area contributed by atoms with Gasteiger partial charge in [-0.3, -0.25) is 4.79 Å². The van der Waals surface area contributed by atoms with Crippen molar-refractivity contribution in [3.8, 4) is 5.69 Å². The maximum absolute atomic E-state index is 12.6. The average Bonchev–Trinajstić information content (AvgIpc) is 3.21. The Bertz CT molecular complexity index is 883. The molecule has 0 atom stereocenters. The molecule has 0 spiro atoms. The summed E-state index contributed by atoms with van der Waals surface area (Å²) in [4.78, 5) is 13.5. The number of carbonyl (C=O) groups is 1. The van der Waals surface area contributed by atoms with Crippen molar-refractivity contribution in [1.29, 1.82) is 0 Å². The number of amides is 1. The predicted octanol–water partition coefficient (Wildman–Crippen LogP) is 2.68. The van der Waals surface area contributed by atoms with E-state index in [4.69, 9.17) is 0 Å². The molecule has 3 aromatic rings. The molecule has 2 N–H and O–H groups in total. The van der Waals surface area contributed by atoms with Gasteiger partial charge in [0.1, 0.15) is 0 Å². The van der Waals surface area contributed by atoms with Gasteiger partial charge in [-0.15, -0.1) is 16.9 Å². The minimum Gasteiger partial charge on any atom is -0.351 e. The van der Waals surface area contributed by atoms with Crippen molar-refractivity contribution in [3.63, 3.8) is 0 Å². The van der Waals surface area contributed by atoms with E-state index < -0.39 is 0 Å². The van der Waals surface area contributed by atoms with Gasteiger partial charge in [0.2, 0.25) is 0 Å². The molecule has 1 aromatic heterocycles. The van der Waals surface area contributed by atoms with Gasteiger partial charge in [0.15, 0.2) is 5.82 Å².